The Hall–Kier alpha value is -1.32. The van der Waals surface area contributed by atoms with Crippen LogP contribution in [0, 0.1) is 0 Å². The molecule has 0 bridgehead atoms. The fourth-order valence-electron chi connectivity index (χ4n) is 1.22. The predicted molar refractivity (Wildman–Crippen MR) is 65.6 cm³/mol. The van der Waals surface area contributed by atoms with E-state index >= 15 is 0 Å². The Bertz CT molecular complexity index is 479. The first kappa shape index (κ1) is 11.2. The number of thiophene rings is 1. The van der Waals surface area contributed by atoms with Crippen molar-refractivity contribution in [3.05, 3.63) is 51.7 Å². The molecule has 0 N–H and O–H groups in total. The van der Waals surface area contributed by atoms with Crippen LogP contribution in [0.4, 0.5) is 0 Å². The maximum atomic E-state index is 11.7. The van der Waals surface area contributed by atoms with Crippen LogP contribution in [0.15, 0.2) is 41.8 Å². The van der Waals surface area contributed by atoms with E-state index in [-0.39, 0.29) is 12.4 Å². The highest BCUT2D eigenvalue weighted by Gasteiger charge is 2.12. The quantitative estimate of drug-likeness (QED) is 0.777. The summed E-state index contributed by atoms with van der Waals surface area (Å²) >= 11 is 7.18. The second kappa shape index (κ2) is 5.14. The van der Waals surface area contributed by atoms with Crippen LogP contribution in [0.1, 0.15) is 9.67 Å². The molecule has 0 saturated heterocycles. The van der Waals surface area contributed by atoms with Crippen LogP contribution >= 0.6 is 22.9 Å². The van der Waals surface area contributed by atoms with Crippen molar-refractivity contribution < 1.29 is 9.53 Å². The minimum atomic E-state index is -0.0937. The summed E-state index contributed by atoms with van der Waals surface area (Å²) in [6, 6.07) is 10.9. The molecule has 16 heavy (non-hydrogen) atoms. The van der Waals surface area contributed by atoms with Crippen LogP contribution in [0.2, 0.25) is 5.02 Å². The van der Waals surface area contributed by atoms with Gasteiger partial charge in [-0.25, -0.2) is 0 Å². The molecule has 0 radical (unpaired) electrons. The van der Waals surface area contributed by atoms with Gasteiger partial charge < -0.3 is 4.74 Å². The van der Waals surface area contributed by atoms with Gasteiger partial charge in [0.15, 0.2) is 6.61 Å². The summed E-state index contributed by atoms with van der Waals surface area (Å²) in [6.45, 7) is 0.0181. The standard InChI is InChI=1S/C12H9ClO2S/c13-10-6-7-16-12(10)11(14)8-15-9-4-2-1-3-5-9/h1-7H,8H2. The van der Waals surface area contributed by atoms with Crippen molar-refractivity contribution in [3.63, 3.8) is 0 Å². The lowest BCUT2D eigenvalue weighted by Crippen LogP contribution is -2.10. The minimum absolute atomic E-state index is 0.0181. The molecule has 2 aromatic rings. The van der Waals surface area contributed by atoms with Crippen molar-refractivity contribution in [1.82, 2.24) is 0 Å². The summed E-state index contributed by atoms with van der Waals surface area (Å²) < 4.78 is 5.35. The van der Waals surface area contributed by atoms with Gasteiger partial charge in [-0.3, -0.25) is 4.79 Å². The maximum Gasteiger partial charge on any atom is 0.211 e. The number of benzene rings is 1. The van der Waals surface area contributed by atoms with Gasteiger partial charge in [-0.1, -0.05) is 29.8 Å². The summed E-state index contributed by atoms with van der Waals surface area (Å²) in [7, 11) is 0. The Morgan fingerprint density at radius 2 is 2.00 bits per heavy atom. The van der Waals surface area contributed by atoms with Crippen molar-refractivity contribution >= 4 is 28.7 Å². The van der Waals surface area contributed by atoms with Crippen molar-refractivity contribution in [2.24, 2.45) is 0 Å². The highest BCUT2D eigenvalue weighted by atomic mass is 35.5. The number of carbonyl (C=O) groups is 1. The Kier molecular flexibility index (Phi) is 3.59. The second-order valence-electron chi connectivity index (χ2n) is 3.12. The topological polar surface area (TPSA) is 26.3 Å². The number of ketones is 1. The Morgan fingerprint density at radius 1 is 1.25 bits per heavy atom. The van der Waals surface area contributed by atoms with E-state index < -0.39 is 0 Å². The van der Waals surface area contributed by atoms with E-state index in [4.69, 9.17) is 16.3 Å². The largest absolute Gasteiger partial charge is 0.485 e. The third-order valence-corrected chi connectivity index (χ3v) is 3.37. The molecule has 0 saturated carbocycles. The number of hydrogen-bond acceptors (Lipinski definition) is 3. The van der Waals surface area contributed by atoms with Crippen molar-refractivity contribution in [2.45, 2.75) is 0 Å². The van der Waals surface area contributed by atoms with Gasteiger partial charge in [0, 0.05) is 0 Å². The van der Waals surface area contributed by atoms with Crippen LogP contribution in [0.25, 0.3) is 0 Å². The molecule has 82 valence electrons. The molecule has 0 aliphatic carbocycles. The van der Waals surface area contributed by atoms with Gasteiger partial charge in [0.2, 0.25) is 5.78 Å². The van der Waals surface area contributed by atoms with Crippen molar-refractivity contribution in [1.29, 1.82) is 0 Å². The fraction of sp³-hybridized carbons (Fsp3) is 0.0833. The van der Waals surface area contributed by atoms with E-state index in [0.29, 0.717) is 15.6 Å². The Morgan fingerprint density at radius 3 is 2.62 bits per heavy atom. The third kappa shape index (κ3) is 2.62. The summed E-state index contributed by atoms with van der Waals surface area (Å²) in [5.41, 5.74) is 0. The average Bonchev–Trinajstić information content (AvgIpc) is 2.74. The van der Waals surface area contributed by atoms with E-state index in [1.54, 1.807) is 11.4 Å². The van der Waals surface area contributed by atoms with E-state index in [1.165, 1.54) is 11.3 Å². The van der Waals surface area contributed by atoms with Gasteiger partial charge in [0.05, 0.1) is 9.90 Å². The number of hydrogen-bond donors (Lipinski definition) is 0. The van der Waals surface area contributed by atoms with Crippen molar-refractivity contribution in [3.8, 4) is 5.75 Å². The number of para-hydroxylation sites is 1. The first-order valence-corrected chi connectivity index (χ1v) is 5.97. The van der Waals surface area contributed by atoms with Crippen LogP contribution in [-0.4, -0.2) is 12.4 Å². The first-order valence-electron chi connectivity index (χ1n) is 4.71. The molecule has 0 amide bonds. The van der Waals surface area contributed by atoms with Crippen LogP contribution in [0.3, 0.4) is 0 Å². The van der Waals surface area contributed by atoms with Gasteiger partial charge >= 0.3 is 0 Å². The number of halogens is 1. The normalized spacial score (nSPS) is 10.1. The van der Waals surface area contributed by atoms with Crippen LogP contribution < -0.4 is 4.74 Å². The fourth-order valence-corrected chi connectivity index (χ4v) is 2.31. The number of Topliss-reactive ketones (excluding diaryl/α,β-unsaturated/α-hetero) is 1. The zero-order valence-electron chi connectivity index (χ0n) is 8.35. The molecular weight excluding hydrogens is 244 g/mol. The monoisotopic (exact) mass is 252 g/mol. The second-order valence-corrected chi connectivity index (χ2v) is 4.45. The van der Waals surface area contributed by atoms with Gasteiger partial charge in [0.25, 0.3) is 0 Å². The molecule has 0 aliphatic rings. The summed E-state index contributed by atoms with van der Waals surface area (Å²) in [4.78, 5) is 12.3. The molecule has 2 nitrogen and oxygen atoms in total. The number of carbonyl (C=O) groups excluding carboxylic acids is 1. The highest BCUT2D eigenvalue weighted by Crippen LogP contribution is 2.22. The lowest BCUT2D eigenvalue weighted by molar-refractivity contribution is 0.0926. The van der Waals surface area contributed by atoms with Gasteiger partial charge in [-0.15, -0.1) is 11.3 Å². The lowest BCUT2D eigenvalue weighted by atomic mass is 10.3. The molecule has 0 unspecified atom stereocenters. The minimum Gasteiger partial charge on any atom is -0.485 e. The number of ether oxygens (including phenoxy) is 1. The zero-order chi connectivity index (χ0) is 11.4. The molecule has 2 rings (SSSR count). The molecule has 4 heteroatoms. The molecule has 0 fully saturated rings. The van der Waals surface area contributed by atoms with E-state index in [0.717, 1.165) is 0 Å². The first-order chi connectivity index (χ1) is 7.77. The zero-order valence-corrected chi connectivity index (χ0v) is 9.92. The maximum absolute atomic E-state index is 11.7. The third-order valence-electron chi connectivity index (χ3n) is 1.98. The smallest absolute Gasteiger partial charge is 0.211 e. The Labute approximate surface area is 102 Å². The van der Waals surface area contributed by atoms with Gasteiger partial charge in [-0.05, 0) is 23.6 Å². The molecule has 0 atom stereocenters. The molecular formula is C12H9ClO2S. The predicted octanol–water partition coefficient (Wildman–Crippen LogP) is 3.66. The van der Waals surface area contributed by atoms with Gasteiger partial charge in [-0.2, -0.15) is 0 Å². The SMILES string of the molecule is O=C(COc1ccccc1)c1sccc1Cl. The van der Waals surface area contributed by atoms with Gasteiger partial charge in [0.1, 0.15) is 5.75 Å². The van der Waals surface area contributed by atoms with E-state index in [2.05, 4.69) is 0 Å². The summed E-state index contributed by atoms with van der Waals surface area (Å²) in [6.07, 6.45) is 0. The molecule has 0 spiro atoms. The highest BCUT2D eigenvalue weighted by molar-refractivity contribution is 7.12. The number of rotatable bonds is 4. The van der Waals surface area contributed by atoms with Crippen LogP contribution in [0.5, 0.6) is 5.75 Å². The summed E-state index contributed by atoms with van der Waals surface area (Å²) in [5, 5.41) is 2.28. The Balaban J connectivity index is 1.97. The lowest BCUT2D eigenvalue weighted by Gasteiger charge is -2.03. The average molecular weight is 253 g/mol. The molecule has 1 aromatic carbocycles. The molecule has 0 aliphatic heterocycles. The summed E-state index contributed by atoms with van der Waals surface area (Å²) in [5.74, 6) is 0.590. The van der Waals surface area contributed by atoms with Crippen molar-refractivity contribution in [2.75, 3.05) is 6.61 Å². The van der Waals surface area contributed by atoms with E-state index in [1.807, 2.05) is 30.3 Å². The molecule has 1 aromatic heterocycles. The van der Waals surface area contributed by atoms with E-state index in [9.17, 15) is 4.79 Å². The van der Waals surface area contributed by atoms with Crippen LogP contribution in [-0.2, 0) is 0 Å². The molecule has 1 heterocycles.